The molecule has 1 aliphatic heterocycles. The van der Waals surface area contributed by atoms with Crippen molar-refractivity contribution in [1.82, 2.24) is 4.31 Å². The quantitative estimate of drug-likeness (QED) is 0.910. The van der Waals surface area contributed by atoms with Gasteiger partial charge in [-0.25, -0.2) is 22.0 Å². The van der Waals surface area contributed by atoms with Crippen LogP contribution in [0.25, 0.3) is 0 Å². The Labute approximate surface area is 125 Å². The van der Waals surface area contributed by atoms with Crippen molar-refractivity contribution in [2.75, 3.05) is 24.6 Å². The summed E-state index contributed by atoms with van der Waals surface area (Å²) >= 11 is 1.59. The van der Waals surface area contributed by atoms with E-state index >= 15 is 0 Å². The van der Waals surface area contributed by atoms with Crippen LogP contribution >= 0.6 is 11.8 Å². The van der Waals surface area contributed by atoms with Crippen molar-refractivity contribution in [3.63, 3.8) is 0 Å². The zero-order valence-corrected chi connectivity index (χ0v) is 12.5. The Balaban J connectivity index is 2.49. The lowest BCUT2D eigenvalue weighted by Gasteiger charge is -2.20. The van der Waals surface area contributed by atoms with Gasteiger partial charge in [0, 0.05) is 18.8 Å². The molecule has 1 saturated heterocycles. The molecular formula is C12H13F2NO4S2. The highest BCUT2D eigenvalue weighted by atomic mass is 32.2. The molecule has 116 valence electrons. The van der Waals surface area contributed by atoms with Crippen LogP contribution in [0.15, 0.2) is 17.0 Å². The number of thioether (sulfide) groups is 1. The first-order valence-electron chi connectivity index (χ1n) is 6.15. The Bertz CT molecular complexity index is 655. The largest absolute Gasteiger partial charge is 0.477 e. The fraction of sp³-hybridized carbons (Fsp3) is 0.417. The number of carboxylic acid groups (broad SMARTS) is 1. The van der Waals surface area contributed by atoms with Crippen molar-refractivity contribution in [2.45, 2.75) is 11.3 Å². The monoisotopic (exact) mass is 337 g/mol. The van der Waals surface area contributed by atoms with E-state index in [-0.39, 0.29) is 13.1 Å². The molecule has 1 N–H and O–H groups in total. The summed E-state index contributed by atoms with van der Waals surface area (Å²) in [7, 11) is -4.17. The minimum atomic E-state index is -4.17. The second kappa shape index (κ2) is 6.29. The maximum absolute atomic E-state index is 14.1. The summed E-state index contributed by atoms with van der Waals surface area (Å²) < 4.78 is 53.4. The molecule has 9 heteroatoms. The van der Waals surface area contributed by atoms with E-state index in [4.69, 9.17) is 5.11 Å². The summed E-state index contributed by atoms with van der Waals surface area (Å²) in [5.41, 5.74) is -1.25. The van der Waals surface area contributed by atoms with Gasteiger partial charge in [0.1, 0.15) is 16.3 Å². The van der Waals surface area contributed by atoms with Gasteiger partial charge in [-0.3, -0.25) is 0 Å². The summed E-state index contributed by atoms with van der Waals surface area (Å²) in [6.45, 7) is 0.445. The molecular weight excluding hydrogens is 324 g/mol. The van der Waals surface area contributed by atoms with Gasteiger partial charge < -0.3 is 5.11 Å². The molecule has 1 heterocycles. The maximum Gasteiger partial charge on any atom is 0.341 e. The summed E-state index contributed by atoms with van der Waals surface area (Å²) in [5.74, 6) is -3.31. The molecule has 0 aliphatic carbocycles. The van der Waals surface area contributed by atoms with Crippen molar-refractivity contribution in [3.05, 3.63) is 29.3 Å². The highest BCUT2D eigenvalue weighted by Gasteiger charge is 2.31. The lowest BCUT2D eigenvalue weighted by atomic mass is 10.2. The molecule has 0 bridgehead atoms. The first-order valence-corrected chi connectivity index (χ1v) is 8.74. The summed E-state index contributed by atoms with van der Waals surface area (Å²) in [4.78, 5) is 10.1. The Kier molecular flexibility index (Phi) is 4.84. The first-order chi connectivity index (χ1) is 9.85. The molecule has 0 radical (unpaired) electrons. The standard InChI is InChI=1S/C12H13F2NO4S2/c13-8-2-3-9(11(14)10(8)12(16)17)21(18,19)15-4-1-6-20-7-5-15/h2-3H,1,4-7H2,(H,16,17). The molecule has 1 aromatic rings. The summed E-state index contributed by atoms with van der Waals surface area (Å²) in [6.07, 6.45) is 0.624. The van der Waals surface area contributed by atoms with Crippen LogP contribution in [0, 0.1) is 11.6 Å². The predicted molar refractivity (Wildman–Crippen MR) is 74.0 cm³/mol. The zero-order chi connectivity index (χ0) is 15.6. The number of carbonyl (C=O) groups is 1. The molecule has 0 aromatic heterocycles. The van der Waals surface area contributed by atoms with Crippen LogP contribution in [0.3, 0.4) is 0 Å². The Morgan fingerprint density at radius 3 is 2.62 bits per heavy atom. The molecule has 1 aliphatic rings. The van der Waals surface area contributed by atoms with Crippen LogP contribution in [0.1, 0.15) is 16.8 Å². The maximum atomic E-state index is 14.1. The number of hydrogen-bond donors (Lipinski definition) is 1. The molecule has 0 atom stereocenters. The van der Waals surface area contributed by atoms with Crippen LogP contribution in [0.2, 0.25) is 0 Å². The average molecular weight is 337 g/mol. The van der Waals surface area contributed by atoms with E-state index in [0.29, 0.717) is 18.2 Å². The van der Waals surface area contributed by atoms with Crippen LogP contribution in [0.5, 0.6) is 0 Å². The van der Waals surface area contributed by atoms with Gasteiger partial charge in [0.05, 0.1) is 0 Å². The van der Waals surface area contributed by atoms with Crippen molar-refractivity contribution >= 4 is 27.8 Å². The highest BCUT2D eigenvalue weighted by Crippen LogP contribution is 2.25. The molecule has 0 unspecified atom stereocenters. The van der Waals surface area contributed by atoms with Crippen LogP contribution in [-0.4, -0.2) is 48.4 Å². The van der Waals surface area contributed by atoms with Gasteiger partial charge in [0.25, 0.3) is 0 Å². The number of hydrogen-bond acceptors (Lipinski definition) is 4. The molecule has 0 saturated carbocycles. The normalized spacial score (nSPS) is 17.4. The molecule has 5 nitrogen and oxygen atoms in total. The van der Waals surface area contributed by atoms with Gasteiger partial charge in [-0.05, 0) is 24.3 Å². The predicted octanol–water partition coefficient (Wildman–Crippen LogP) is 1.79. The smallest absolute Gasteiger partial charge is 0.341 e. The molecule has 2 rings (SSSR count). The van der Waals surface area contributed by atoms with E-state index in [9.17, 15) is 22.0 Å². The van der Waals surface area contributed by atoms with E-state index in [2.05, 4.69) is 0 Å². The van der Waals surface area contributed by atoms with E-state index in [1.54, 1.807) is 11.8 Å². The van der Waals surface area contributed by atoms with Crippen LogP contribution in [0.4, 0.5) is 8.78 Å². The van der Waals surface area contributed by atoms with Gasteiger partial charge >= 0.3 is 5.97 Å². The second-order valence-corrected chi connectivity index (χ2v) is 7.54. The van der Waals surface area contributed by atoms with Gasteiger partial charge in [0.15, 0.2) is 5.82 Å². The Morgan fingerprint density at radius 1 is 1.24 bits per heavy atom. The third-order valence-corrected chi connectivity index (χ3v) is 6.03. The Morgan fingerprint density at radius 2 is 1.95 bits per heavy atom. The molecule has 21 heavy (non-hydrogen) atoms. The van der Waals surface area contributed by atoms with E-state index in [1.807, 2.05) is 0 Å². The van der Waals surface area contributed by atoms with Gasteiger partial charge in [0.2, 0.25) is 10.0 Å². The van der Waals surface area contributed by atoms with Crippen molar-refractivity contribution in [3.8, 4) is 0 Å². The average Bonchev–Trinajstić information content (AvgIpc) is 2.67. The fourth-order valence-electron chi connectivity index (χ4n) is 2.03. The van der Waals surface area contributed by atoms with Crippen molar-refractivity contribution < 1.29 is 27.1 Å². The number of halogens is 2. The second-order valence-electron chi connectivity index (χ2n) is 4.41. The third kappa shape index (κ3) is 3.19. The van der Waals surface area contributed by atoms with Crippen molar-refractivity contribution in [1.29, 1.82) is 0 Å². The molecule has 0 spiro atoms. The highest BCUT2D eigenvalue weighted by molar-refractivity contribution is 7.99. The summed E-state index contributed by atoms with van der Waals surface area (Å²) in [6, 6.07) is 1.43. The van der Waals surface area contributed by atoms with Crippen LogP contribution < -0.4 is 0 Å². The minimum absolute atomic E-state index is 0.215. The lowest BCUT2D eigenvalue weighted by Crippen LogP contribution is -2.34. The Hall–Kier alpha value is -1.19. The number of benzene rings is 1. The number of carboxylic acids is 1. The van der Waals surface area contributed by atoms with E-state index < -0.39 is 38.1 Å². The minimum Gasteiger partial charge on any atom is -0.477 e. The number of aromatic carboxylic acids is 1. The lowest BCUT2D eigenvalue weighted by molar-refractivity contribution is 0.0685. The topological polar surface area (TPSA) is 74.7 Å². The van der Waals surface area contributed by atoms with Gasteiger partial charge in [-0.2, -0.15) is 16.1 Å². The first kappa shape index (κ1) is 16.2. The van der Waals surface area contributed by atoms with E-state index in [1.165, 1.54) is 0 Å². The number of sulfonamides is 1. The van der Waals surface area contributed by atoms with Gasteiger partial charge in [-0.1, -0.05) is 0 Å². The molecule has 0 amide bonds. The zero-order valence-electron chi connectivity index (χ0n) is 10.9. The van der Waals surface area contributed by atoms with Gasteiger partial charge in [-0.15, -0.1) is 0 Å². The number of rotatable bonds is 3. The molecule has 1 aromatic carbocycles. The van der Waals surface area contributed by atoms with Crippen molar-refractivity contribution in [2.24, 2.45) is 0 Å². The molecule has 1 fully saturated rings. The van der Waals surface area contributed by atoms with E-state index in [0.717, 1.165) is 16.1 Å². The fourth-order valence-corrected chi connectivity index (χ4v) is 4.58. The SMILES string of the molecule is O=C(O)c1c(F)ccc(S(=O)(=O)N2CCCSCC2)c1F. The third-order valence-electron chi connectivity index (χ3n) is 3.07. The number of nitrogens with zero attached hydrogens (tertiary/aromatic N) is 1. The van der Waals surface area contributed by atoms with Crippen LogP contribution in [-0.2, 0) is 10.0 Å². The summed E-state index contributed by atoms with van der Waals surface area (Å²) in [5, 5.41) is 8.80.